The predicted octanol–water partition coefficient (Wildman–Crippen LogP) is 5.12. The van der Waals surface area contributed by atoms with E-state index in [-0.39, 0.29) is 11.7 Å². The van der Waals surface area contributed by atoms with Gasteiger partial charge >= 0.3 is 0 Å². The van der Waals surface area contributed by atoms with E-state index in [9.17, 15) is 4.79 Å². The van der Waals surface area contributed by atoms with Crippen molar-refractivity contribution in [3.63, 3.8) is 0 Å². The van der Waals surface area contributed by atoms with Crippen molar-refractivity contribution in [2.45, 2.75) is 32.4 Å². The Morgan fingerprint density at radius 1 is 1.09 bits per heavy atom. The predicted molar refractivity (Wildman–Crippen MR) is 138 cm³/mol. The smallest absolute Gasteiger partial charge is 0.234 e. The third kappa shape index (κ3) is 5.96. The van der Waals surface area contributed by atoms with Crippen molar-refractivity contribution >= 4 is 45.7 Å². The van der Waals surface area contributed by atoms with Gasteiger partial charge in [-0.3, -0.25) is 9.79 Å². The number of benzene rings is 2. The van der Waals surface area contributed by atoms with Crippen LogP contribution in [0.3, 0.4) is 0 Å². The fourth-order valence-electron chi connectivity index (χ4n) is 4.00. The van der Waals surface area contributed by atoms with Gasteiger partial charge in [-0.15, -0.1) is 0 Å². The summed E-state index contributed by atoms with van der Waals surface area (Å²) in [4.78, 5) is 25.2. The van der Waals surface area contributed by atoms with Gasteiger partial charge in [0.2, 0.25) is 5.91 Å². The molecule has 0 radical (unpaired) electrons. The molecule has 0 atom stereocenters. The average molecular weight is 485 g/mol. The van der Waals surface area contributed by atoms with Gasteiger partial charge in [0, 0.05) is 42.2 Å². The molecule has 2 aromatic carbocycles. The molecule has 4 rings (SSSR count). The Bertz CT molecular complexity index is 1030. The second-order valence-electron chi connectivity index (χ2n) is 8.10. The lowest BCUT2D eigenvalue weighted by molar-refractivity contribution is -0.113. The Hall–Kier alpha value is -2.35. The molecular weight excluding hydrogens is 456 g/mol. The van der Waals surface area contributed by atoms with Crippen molar-refractivity contribution in [3.05, 3.63) is 59.1 Å². The number of ether oxygens (including phenoxy) is 1. The van der Waals surface area contributed by atoms with Crippen LogP contribution in [-0.4, -0.2) is 59.2 Å². The Kier molecular flexibility index (Phi) is 7.73. The molecule has 0 bridgehead atoms. The fraction of sp³-hybridized carbons (Fsp3) is 0.400. The highest BCUT2D eigenvalue weighted by Gasteiger charge is 2.39. The zero-order valence-corrected chi connectivity index (χ0v) is 20.6. The number of anilines is 1. The molecule has 8 heteroatoms. The Balaban J connectivity index is 1.45. The van der Waals surface area contributed by atoms with Gasteiger partial charge in [0.1, 0.15) is 10.8 Å². The average Bonchev–Trinajstić information content (AvgIpc) is 3.18. The number of nitrogens with zero attached hydrogens (tertiary/aromatic N) is 3. The molecule has 2 aliphatic rings. The first-order valence-corrected chi connectivity index (χ1v) is 12.7. The van der Waals surface area contributed by atoms with E-state index in [2.05, 4.69) is 17.1 Å². The van der Waals surface area contributed by atoms with Crippen molar-refractivity contribution in [3.8, 4) is 5.75 Å². The molecule has 0 saturated carbocycles. The van der Waals surface area contributed by atoms with Gasteiger partial charge in [-0.05, 0) is 49.9 Å². The maximum Gasteiger partial charge on any atom is 0.234 e. The molecule has 6 nitrogen and oxygen atoms in total. The van der Waals surface area contributed by atoms with E-state index < -0.39 is 5.66 Å². The molecule has 33 heavy (non-hydrogen) atoms. The number of nitrogens with one attached hydrogen (secondary N) is 1. The minimum absolute atomic E-state index is 0.0796. The second-order valence-corrected chi connectivity index (χ2v) is 9.50. The number of hydrogen-bond donors (Lipinski definition) is 1. The van der Waals surface area contributed by atoms with E-state index in [0.717, 1.165) is 60.2 Å². The molecule has 2 aliphatic heterocycles. The van der Waals surface area contributed by atoms with Crippen LogP contribution >= 0.6 is 23.4 Å². The first kappa shape index (κ1) is 23.8. The number of hydrogen-bond acceptors (Lipinski definition) is 6. The molecule has 1 saturated heterocycles. The van der Waals surface area contributed by atoms with Gasteiger partial charge in [-0.25, -0.2) is 4.99 Å². The Morgan fingerprint density at radius 3 is 2.42 bits per heavy atom. The van der Waals surface area contributed by atoms with Crippen molar-refractivity contribution in [2.24, 2.45) is 9.98 Å². The maximum atomic E-state index is 12.6. The first-order valence-electron chi connectivity index (χ1n) is 11.3. The van der Waals surface area contributed by atoms with Crippen LogP contribution < -0.4 is 10.1 Å². The highest BCUT2D eigenvalue weighted by Crippen LogP contribution is 2.35. The van der Waals surface area contributed by atoms with Crippen LogP contribution in [0.5, 0.6) is 5.75 Å². The van der Waals surface area contributed by atoms with Crippen LogP contribution in [0.4, 0.5) is 5.69 Å². The molecule has 0 unspecified atom stereocenters. The third-order valence-corrected chi connectivity index (χ3v) is 7.06. The highest BCUT2D eigenvalue weighted by atomic mass is 35.5. The van der Waals surface area contributed by atoms with Crippen molar-refractivity contribution in [1.29, 1.82) is 0 Å². The summed E-state index contributed by atoms with van der Waals surface area (Å²) in [6.07, 6.45) is 1.78. The van der Waals surface area contributed by atoms with Gasteiger partial charge in [-0.1, -0.05) is 42.4 Å². The molecule has 2 aromatic rings. The Morgan fingerprint density at radius 2 is 1.79 bits per heavy atom. The van der Waals surface area contributed by atoms with Gasteiger partial charge in [-0.2, -0.15) is 0 Å². The maximum absolute atomic E-state index is 12.6. The zero-order chi connectivity index (χ0) is 23.3. The van der Waals surface area contributed by atoms with E-state index >= 15 is 0 Å². The minimum Gasteiger partial charge on any atom is -0.494 e. The summed E-state index contributed by atoms with van der Waals surface area (Å²) in [6.45, 7) is 7.74. The molecule has 1 N–H and O–H groups in total. The molecule has 0 aromatic heterocycles. The lowest BCUT2D eigenvalue weighted by Crippen LogP contribution is -2.41. The van der Waals surface area contributed by atoms with Gasteiger partial charge in [0.15, 0.2) is 5.66 Å². The summed E-state index contributed by atoms with van der Waals surface area (Å²) >= 11 is 7.53. The number of aliphatic imine (C=N–C) groups is 2. The number of amides is 1. The van der Waals surface area contributed by atoms with Crippen LogP contribution in [0.25, 0.3) is 0 Å². The summed E-state index contributed by atoms with van der Waals surface area (Å²) < 4.78 is 5.45. The molecule has 0 aliphatic carbocycles. The highest BCUT2D eigenvalue weighted by molar-refractivity contribution is 8.16. The van der Waals surface area contributed by atoms with E-state index in [1.54, 1.807) is 0 Å². The van der Waals surface area contributed by atoms with Gasteiger partial charge < -0.3 is 15.0 Å². The van der Waals surface area contributed by atoms with Gasteiger partial charge in [0.25, 0.3) is 0 Å². The SMILES string of the molecule is CCOc1ccc(NC(=O)CSC2=NC3(CCN(CC)CC3)N=C2c2ccc(Cl)cc2)cc1. The number of halogens is 1. The number of carbonyl (C=O) groups is 1. The topological polar surface area (TPSA) is 66.3 Å². The van der Waals surface area contributed by atoms with E-state index in [4.69, 9.17) is 26.3 Å². The molecule has 1 spiro atoms. The number of thioether (sulfide) groups is 1. The van der Waals surface area contributed by atoms with E-state index in [1.807, 2.05) is 55.5 Å². The normalized spacial score (nSPS) is 17.5. The fourth-order valence-corrected chi connectivity index (χ4v) is 5.00. The molecule has 174 valence electrons. The van der Waals surface area contributed by atoms with Crippen molar-refractivity contribution < 1.29 is 9.53 Å². The van der Waals surface area contributed by atoms with E-state index in [0.29, 0.717) is 11.6 Å². The lowest BCUT2D eigenvalue weighted by atomic mass is 9.98. The van der Waals surface area contributed by atoms with Crippen LogP contribution in [0, 0.1) is 0 Å². The van der Waals surface area contributed by atoms with Crippen molar-refractivity contribution in [2.75, 3.05) is 37.3 Å². The first-order chi connectivity index (χ1) is 16.0. The summed E-state index contributed by atoms with van der Waals surface area (Å²) in [5, 5.41) is 4.46. The summed E-state index contributed by atoms with van der Waals surface area (Å²) in [7, 11) is 0. The minimum atomic E-state index is -0.422. The van der Waals surface area contributed by atoms with Crippen molar-refractivity contribution in [1.82, 2.24) is 4.90 Å². The van der Waals surface area contributed by atoms with Crippen LogP contribution in [0.1, 0.15) is 32.3 Å². The van der Waals surface area contributed by atoms with Gasteiger partial charge in [0.05, 0.1) is 18.1 Å². The van der Waals surface area contributed by atoms with Crippen LogP contribution in [-0.2, 0) is 4.79 Å². The van der Waals surface area contributed by atoms with E-state index in [1.165, 1.54) is 11.8 Å². The number of likely N-dealkylation sites (tertiary alicyclic amines) is 1. The molecule has 2 heterocycles. The Labute approximate surface area is 204 Å². The standard InChI is InChI=1S/C25H29ClN4O2S/c1-3-30-15-13-25(14-16-30)28-23(18-5-7-19(26)8-6-18)24(29-25)33-17-22(31)27-20-9-11-21(12-10-20)32-4-2/h5-12H,3-4,13-17H2,1-2H3,(H,27,31). The summed E-state index contributed by atoms with van der Waals surface area (Å²) in [6, 6.07) is 15.1. The molecule has 1 fully saturated rings. The second kappa shape index (κ2) is 10.7. The zero-order valence-electron chi connectivity index (χ0n) is 19.0. The number of piperidine rings is 1. The summed E-state index contributed by atoms with van der Waals surface area (Å²) in [5.74, 6) is 0.966. The summed E-state index contributed by atoms with van der Waals surface area (Å²) in [5.41, 5.74) is 2.16. The largest absolute Gasteiger partial charge is 0.494 e. The third-order valence-electron chi connectivity index (χ3n) is 5.84. The quantitative estimate of drug-likeness (QED) is 0.592. The van der Waals surface area contributed by atoms with Crippen LogP contribution in [0.15, 0.2) is 58.5 Å². The van der Waals surface area contributed by atoms with Crippen LogP contribution in [0.2, 0.25) is 5.02 Å². The molecular formula is C25H29ClN4O2S. The lowest BCUT2D eigenvalue weighted by Gasteiger charge is -2.34. The monoisotopic (exact) mass is 484 g/mol. The number of rotatable bonds is 7. The number of carbonyl (C=O) groups excluding carboxylic acids is 1. The molecule has 1 amide bonds.